The van der Waals surface area contributed by atoms with Crippen LogP contribution in [0.3, 0.4) is 0 Å². The van der Waals surface area contributed by atoms with Gasteiger partial charge in [0.25, 0.3) is 0 Å². The predicted octanol–water partition coefficient (Wildman–Crippen LogP) is 1.12. The van der Waals surface area contributed by atoms with Gasteiger partial charge in [-0.1, -0.05) is 13.8 Å². The van der Waals surface area contributed by atoms with Crippen LogP contribution < -0.4 is 11.1 Å². The Morgan fingerprint density at radius 3 is 2.39 bits per heavy atom. The Hall–Kier alpha value is -1.10. The van der Waals surface area contributed by atoms with Gasteiger partial charge in [0.05, 0.1) is 5.41 Å². The van der Waals surface area contributed by atoms with Crippen molar-refractivity contribution >= 4 is 11.9 Å². The lowest BCUT2D eigenvalue weighted by Crippen LogP contribution is -2.52. The molecule has 1 fully saturated rings. The molecular formula is C13H24N2O3. The van der Waals surface area contributed by atoms with Gasteiger partial charge in [-0.05, 0) is 38.0 Å². The SMILES string of the molecule is CC[C@@H](NC(=O)C1(CN)CCC(C)CC1)C(=O)O. The van der Waals surface area contributed by atoms with Gasteiger partial charge in [0.2, 0.25) is 5.91 Å². The second kappa shape index (κ2) is 6.18. The maximum atomic E-state index is 12.3. The highest BCUT2D eigenvalue weighted by Gasteiger charge is 2.40. The molecule has 4 N–H and O–H groups in total. The van der Waals surface area contributed by atoms with Gasteiger partial charge >= 0.3 is 5.97 Å². The average molecular weight is 256 g/mol. The van der Waals surface area contributed by atoms with E-state index < -0.39 is 17.4 Å². The number of carboxylic acids is 1. The fraction of sp³-hybridized carbons (Fsp3) is 0.846. The number of nitrogens with one attached hydrogen (secondary N) is 1. The molecule has 5 nitrogen and oxygen atoms in total. The molecular weight excluding hydrogens is 232 g/mol. The monoisotopic (exact) mass is 256 g/mol. The van der Waals surface area contributed by atoms with Crippen molar-refractivity contribution in [2.75, 3.05) is 6.54 Å². The number of amides is 1. The van der Waals surface area contributed by atoms with Crippen LogP contribution in [-0.4, -0.2) is 29.6 Å². The lowest BCUT2D eigenvalue weighted by atomic mass is 9.70. The number of nitrogens with two attached hydrogens (primary N) is 1. The lowest BCUT2D eigenvalue weighted by Gasteiger charge is -2.37. The van der Waals surface area contributed by atoms with Gasteiger partial charge in [0.15, 0.2) is 0 Å². The first kappa shape index (κ1) is 15.0. The highest BCUT2D eigenvalue weighted by atomic mass is 16.4. The van der Waals surface area contributed by atoms with Gasteiger partial charge in [-0.2, -0.15) is 0 Å². The van der Waals surface area contributed by atoms with E-state index in [1.165, 1.54) is 0 Å². The van der Waals surface area contributed by atoms with E-state index in [1.54, 1.807) is 6.92 Å². The fourth-order valence-corrected chi connectivity index (χ4v) is 2.49. The fourth-order valence-electron chi connectivity index (χ4n) is 2.49. The van der Waals surface area contributed by atoms with E-state index in [-0.39, 0.29) is 5.91 Å². The molecule has 18 heavy (non-hydrogen) atoms. The largest absolute Gasteiger partial charge is 0.480 e. The summed E-state index contributed by atoms with van der Waals surface area (Å²) in [5.74, 6) is -0.549. The summed E-state index contributed by atoms with van der Waals surface area (Å²) in [5.41, 5.74) is 5.21. The maximum Gasteiger partial charge on any atom is 0.326 e. The molecule has 0 heterocycles. The summed E-state index contributed by atoms with van der Waals surface area (Å²) in [6.07, 6.45) is 3.86. The summed E-state index contributed by atoms with van der Waals surface area (Å²) < 4.78 is 0. The molecule has 0 aliphatic heterocycles. The number of aliphatic carboxylic acids is 1. The van der Waals surface area contributed by atoms with Crippen LogP contribution in [0, 0.1) is 11.3 Å². The Morgan fingerprint density at radius 2 is 2.00 bits per heavy atom. The number of rotatable bonds is 5. The second-order valence-corrected chi connectivity index (χ2v) is 5.44. The Morgan fingerprint density at radius 1 is 1.44 bits per heavy atom. The highest BCUT2D eigenvalue weighted by Crippen LogP contribution is 2.38. The second-order valence-electron chi connectivity index (χ2n) is 5.44. The summed E-state index contributed by atoms with van der Waals surface area (Å²) in [6.45, 7) is 4.21. The first-order valence-electron chi connectivity index (χ1n) is 6.69. The van der Waals surface area contributed by atoms with E-state index in [4.69, 9.17) is 10.8 Å². The molecule has 0 spiro atoms. The van der Waals surface area contributed by atoms with Crippen molar-refractivity contribution < 1.29 is 14.7 Å². The molecule has 0 aromatic heterocycles. The summed E-state index contributed by atoms with van der Waals surface area (Å²) in [4.78, 5) is 23.2. The van der Waals surface area contributed by atoms with E-state index in [9.17, 15) is 9.59 Å². The van der Waals surface area contributed by atoms with Gasteiger partial charge < -0.3 is 16.2 Å². The molecule has 1 saturated carbocycles. The van der Waals surface area contributed by atoms with Crippen molar-refractivity contribution in [3.63, 3.8) is 0 Å². The molecule has 1 atom stereocenters. The minimum absolute atomic E-state index is 0.189. The minimum Gasteiger partial charge on any atom is -0.480 e. The van der Waals surface area contributed by atoms with Gasteiger partial charge in [0.1, 0.15) is 6.04 Å². The number of hydrogen-bond acceptors (Lipinski definition) is 3. The van der Waals surface area contributed by atoms with Gasteiger partial charge in [0, 0.05) is 6.54 Å². The standard InChI is InChI=1S/C13H24N2O3/c1-3-10(11(16)17)15-12(18)13(8-14)6-4-9(2)5-7-13/h9-10H,3-8,14H2,1-2H3,(H,15,18)(H,16,17)/t9?,10-,13?/m1/s1. The molecule has 1 rings (SSSR count). The number of hydrogen-bond donors (Lipinski definition) is 3. The quantitative estimate of drug-likeness (QED) is 0.687. The molecule has 1 amide bonds. The Labute approximate surface area is 108 Å². The van der Waals surface area contributed by atoms with Crippen molar-refractivity contribution in [2.24, 2.45) is 17.1 Å². The maximum absolute atomic E-state index is 12.3. The minimum atomic E-state index is -0.984. The van der Waals surface area contributed by atoms with Crippen LogP contribution in [0.25, 0.3) is 0 Å². The van der Waals surface area contributed by atoms with Crippen molar-refractivity contribution in [3.8, 4) is 0 Å². The van der Waals surface area contributed by atoms with Crippen LogP contribution in [-0.2, 0) is 9.59 Å². The van der Waals surface area contributed by atoms with E-state index in [0.717, 1.165) is 25.7 Å². The molecule has 1 aliphatic carbocycles. The molecule has 5 heteroatoms. The van der Waals surface area contributed by atoms with E-state index in [1.807, 2.05) is 0 Å². The van der Waals surface area contributed by atoms with Crippen LogP contribution in [0.2, 0.25) is 0 Å². The third kappa shape index (κ3) is 3.22. The van der Waals surface area contributed by atoms with Crippen molar-refractivity contribution in [3.05, 3.63) is 0 Å². The molecule has 0 aromatic carbocycles. The zero-order valence-electron chi connectivity index (χ0n) is 11.2. The highest BCUT2D eigenvalue weighted by molar-refractivity contribution is 5.87. The first-order valence-corrected chi connectivity index (χ1v) is 6.69. The van der Waals surface area contributed by atoms with Gasteiger partial charge in [-0.3, -0.25) is 4.79 Å². The topological polar surface area (TPSA) is 92.4 Å². The molecule has 0 bridgehead atoms. The summed E-state index contributed by atoms with van der Waals surface area (Å²) >= 11 is 0. The lowest BCUT2D eigenvalue weighted by molar-refractivity contribution is -0.144. The zero-order chi connectivity index (χ0) is 13.8. The summed E-state index contributed by atoms with van der Waals surface area (Å²) in [5, 5.41) is 11.6. The first-order chi connectivity index (χ1) is 8.45. The number of carboxylic acid groups (broad SMARTS) is 1. The Kier molecular flexibility index (Phi) is 5.14. The molecule has 0 saturated heterocycles. The zero-order valence-corrected chi connectivity index (χ0v) is 11.2. The molecule has 0 aromatic rings. The van der Waals surface area contributed by atoms with Crippen molar-refractivity contribution in [1.82, 2.24) is 5.32 Å². The molecule has 0 radical (unpaired) electrons. The average Bonchev–Trinajstić information content (AvgIpc) is 2.36. The Bertz CT molecular complexity index is 309. The van der Waals surface area contributed by atoms with Crippen LogP contribution in [0.4, 0.5) is 0 Å². The summed E-state index contributed by atoms with van der Waals surface area (Å²) in [7, 11) is 0. The van der Waals surface area contributed by atoms with E-state index in [0.29, 0.717) is 18.9 Å². The van der Waals surface area contributed by atoms with Crippen LogP contribution in [0.1, 0.15) is 46.0 Å². The van der Waals surface area contributed by atoms with E-state index in [2.05, 4.69) is 12.2 Å². The number of carbonyl (C=O) groups is 2. The molecule has 0 unspecified atom stereocenters. The third-order valence-corrected chi connectivity index (χ3v) is 4.12. The van der Waals surface area contributed by atoms with Crippen molar-refractivity contribution in [2.45, 2.75) is 52.0 Å². The third-order valence-electron chi connectivity index (χ3n) is 4.12. The normalized spacial score (nSPS) is 29.6. The molecule has 104 valence electrons. The Balaban J connectivity index is 2.70. The van der Waals surface area contributed by atoms with Gasteiger partial charge in [-0.15, -0.1) is 0 Å². The smallest absolute Gasteiger partial charge is 0.326 e. The van der Waals surface area contributed by atoms with Crippen molar-refractivity contribution in [1.29, 1.82) is 0 Å². The van der Waals surface area contributed by atoms with E-state index >= 15 is 0 Å². The number of carbonyl (C=O) groups excluding carboxylic acids is 1. The van der Waals surface area contributed by atoms with Crippen LogP contribution in [0.5, 0.6) is 0 Å². The summed E-state index contributed by atoms with van der Waals surface area (Å²) in [6, 6.07) is -0.805. The van der Waals surface area contributed by atoms with Crippen LogP contribution in [0.15, 0.2) is 0 Å². The predicted molar refractivity (Wildman–Crippen MR) is 69.0 cm³/mol. The van der Waals surface area contributed by atoms with Gasteiger partial charge in [-0.25, -0.2) is 4.79 Å². The molecule has 1 aliphatic rings. The van der Waals surface area contributed by atoms with Crippen LogP contribution >= 0.6 is 0 Å².